The summed E-state index contributed by atoms with van der Waals surface area (Å²) in [6, 6.07) is 0. The average Bonchev–Trinajstić information content (AvgIpc) is 2.51. The SMILES string of the molecule is CC(C)OCCC(=O)N1CC[C@@H](O)C1. The molecule has 1 amide bonds. The molecule has 1 N–H and O–H groups in total. The van der Waals surface area contributed by atoms with Crippen molar-refractivity contribution in [3.63, 3.8) is 0 Å². The third-order valence-electron chi connectivity index (χ3n) is 2.28. The summed E-state index contributed by atoms with van der Waals surface area (Å²) in [5, 5.41) is 9.24. The van der Waals surface area contributed by atoms with Crippen LogP contribution < -0.4 is 0 Å². The van der Waals surface area contributed by atoms with E-state index in [0.29, 0.717) is 32.5 Å². The van der Waals surface area contributed by atoms with Crippen LogP contribution in [0.1, 0.15) is 26.7 Å². The summed E-state index contributed by atoms with van der Waals surface area (Å²) in [5.74, 6) is 0.0854. The molecule has 0 unspecified atom stereocenters. The molecule has 1 saturated heterocycles. The summed E-state index contributed by atoms with van der Waals surface area (Å²) in [6.07, 6.45) is 0.971. The number of β-amino-alcohol motifs (C(OH)–C–C–N with tert-alkyl or cyclic N) is 1. The second kappa shape index (κ2) is 5.32. The maximum Gasteiger partial charge on any atom is 0.224 e. The van der Waals surface area contributed by atoms with E-state index in [4.69, 9.17) is 4.74 Å². The Labute approximate surface area is 84.8 Å². The fourth-order valence-electron chi connectivity index (χ4n) is 1.51. The van der Waals surface area contributed by atoms with E-state index in [0.717, 1.165) is 0 Å². The number of rotatable bonds is 4. The Kier molecular flexibility index (Phi) is 4.35. The Bertz CT molecular complexity index is 194. The van der Waals surface area contributed by atoms with Crippen LogP contribution in [0.2, 0.25) is 0 Å². The highest BCUT2D eigenvalue weighted by Crippen LogP contribution is 2.10. The number of hydrogen-bond acceptors (Lipinski definition) is 3. The lowest BCUT2D eigenvalue weighted by Crippen LogP contribution is -2.30. The smallest absolute Gasteiger partial charge is 0.224 e. The Hall–Kier alpha value is -0.610. The average molecular weight is 201 g/mol. The first-order valence-corrected chi connectivity index (χ1v) is 5.17. The first-order valence-electron chi connectivity index (χ1n) is 5.17. The highest BCUT2D eigenvalue weighted by molar-refractivity contribution is 5.76. The van der Waals surface area contributed by atoms with Crippen LogP contribution in [0, 0.1) is 0 Å². The van der Waals surface area contributed by atoms with Crippen LogP contribution in [0.4, 0.5) is 0 Å². The minimum absolute atomic E-state index is 0.0854. The molecule has 0 aromatic heterocycles. The highest BCUT2D eigenvalue weighted by atomic mass is 16.5. The topological polar surface area (TPSA) is 49.8 Å². The predicted molar refractivity (Wildman–Crippen MR) is 52.9 cm³/mol. The first-order chi connectivity index (χ1) is 6.59. The van der Waals surface area contributed by atoms with E-state index >= 15 is 0 Å². The molecule has 0 radical (unpaired) electrons. The van der Waals surface area contributed by atoms with Gasteiger partial charge >= 0.3 is 0 Å². The zero-order valence-electron chi connectivity index (χ0n) is 8.90. The molecule has 0 spiro atoms. The standard InChI is InChI=1S/C10H19NO3/c1-8(2)14-6-4-10(13)11-5-3-9(12)7-11/h8-9,12H,3-7H2,1-2H3/t9-/m1/s1. The number of amides is 1. The van der Waals surface area contributed by atoms with Gasteiger partial charge in [-0.1, -0.05) is 0 Å². The fraction of sp³-hybridized carbons (Fsp3) is 0.900. The van der Waals surface area contributed by atoms with Crippen molar-refractivity contribution < 1.29 is 14.6 Å². The molecule has 4 nitrogen and oxygen atoms in total. The molecule has 1 fully saturated rings. The number of aliphatic hydroxyl groups excluding tert-OH is 1. The molecule has 1 heterocycles. The summed E-state index contributed by atoms with van der Waals surface area (Å²) in [4.78, 5) is 13.2. The van der Waals surface area contributed by atoms with Gasteiger partial charge in [-0.15, -0.1) is 0 Å². The Morgan fingerprint density at radius 2 is 2.36 bits per heavy atom. The van der Waals surface area contributed by atoms with Crippen molar-refractivity contribution >= 4 is 5.91 Å². The molecule has 1 aliphatic heterocycles. The highest BCUT2D eigenvalue weighted by Gasteiger charge is 2.23. The lowest BCUT2D eigenvalue weighted by Gasteiger charge is -2.15. The Morgan fingerprint density at radius 3 is 2.86 bits per heavy atom. The number of likely N-dealkylation sites (tertiary alicyclic amines) is 1. The fourth-order valence-corrected chi connectivity index (χ4v) is 1.51. The van der Waals surface area contributed by atoms with Crippen LogP contribution in [0.15, 0.2) is 0 Å². The van der Waals surface area contributed by atoms with Gasteiger partial charge < -0.3 is 14.7 Å². The Morgan fingerprint density at radius 1 is 1.64 bits per heavy atom. The van der Waals surface area contributed by atoms with Crippen molar-refractivity contribution in [2.24, 2.45) is 0 Å². The number of ether oxygens (including phenoxy) is 1. The lowest BCUT2D eigenvalue weighted by atomic mass is 10.3. The van der Waals surface area contributed by atoms with E-state index in [1.807, 2.05) is 13.8 Å². The summed E-state index contributed by atoms with van der Waals surface area (Å²) < 4.78 is 5.29. The van der Waals surface area contributed by atoms with E-state index in [-0.39, 0.29) is 18.1 Å². The van der Waals surface area contributed by atoms with E-state index in [1.54, 1.807) is 4.90 Å². The van der Waals surface area contributed by atoms with E-state index in [1.165, 1.54) is 0 Å². The first kappa shape index (κ1) is 11.5. The normalized spacial score (nSPS) is 22.0. The van der Waals surface area contributed by atoms with Gasteiger partial charge in [0.25, 0.3) is 0 Å². The van der Waals surface area contributed by atoms with Gasteiger partial charge in [-0.2, -0.15) is 0 Å². The van der Waals surface area contributed by atoms with E-state index in [2.05, 4.69) is 0 Å². The zero-order chi connectivity index (χ0) is 10.6. The maximum atomic E-state index is 11.5. The van der Waals surface area contributed by atoms with Crippen LogP contribution in [0.3, 0.4) is 0 Å². The maximum absolute atomic E-state index is 11.5. The van der Waals surface area contributed by atoms with Crippen molar-refractivity contribution in [1.82, 2.24) is 4.90 Å². The van der Waals surface area contributed by atoms with Crippen LogP contribution in [-0.4, -0.2) is 47.8 Å². The number of nitrogens with zero attached hydrogens (tertiary/aromatic N) is 1. The molecular weight excluding hydrogens is 182 g/mol. The molecule has 1 rings (SSSR count). The van der Waals surface area contributed by atoms with Crippen LogP contribution in [0.5, 0.6) is 0 Å². The molecule has 0 bridgehead atoms. The quantitative estimate of drug-likeness (QED) is 0.716. The molecular formula is C10H19NO3. The van der Waals surface area contributed by atoms with Crippen LogP contribution in [-0.2, 0) is 9.53 Å². The minimum Gasteiger partial charge on any atom is -0.391 e. The number of carbonyl (C=O) groups is 1. The number of hydrogen-bond donors (Lipinski definition) is 1. The van der Waals surface area contributed by atoms with Crippen molar-refractivity contribution in [1.29, 1.82) is 0 Å². The van der Waals surface area contributed by atoms with E-state index < -0.39 is 0 Å². The van der Waals surface area contributed by atoms with Gasteiger partial charge in [-0.3, -0.25) is 4.79 Å². The molecule has 1 aliphatic rings. The van der Waals surface area contributed by atoms with Gasteiger partial charge in [-0.05, 0) is 20.3 Å². The summed E-state index contributed by atoms with van der Waals surface area (Å²) in [7, 11) is 0. The van der Waals surface area contributed by atoms with Gasteiger partial charge in [-0.25, -0.2) is 0 Å². The molecule has 0 aromatic rings. The Balaban J connectivity index is 2.15. The van der Waals surface area contributed by atoms with Gasteiger partial charge in [0.2, 0.25) is 5.91 Å². The largest absolute Gasteiger partial charge is 0.391 e. The van der Waals surface area contributed by atoms with Gasteiger partial charge in [0.15, 0.2) is 0 Å². The molecule has 4 heteroatoms. The van der Waals surface area contributed by atoms with Crippen molar-refractivity contribution in [2.45, 2.75) is 38.9 Å². The molecule has 14 heavy (non-hydrogen) atoms. The van der Waals surface area contributed by atoms with Crippen LogP contribution in [0.25, 0.3) is 0 Å². The molecule has 1 atom stereocenters. The summed E-state index contributed by atoms with van der Waals surface area (Å²) in [6.45, 7) is 5.54. The predicted octanol–water partition coefficient (Wildman–Crippen LogP) is 0.395. The van der Waals surface area contributed by atoms with Crippen molar-refractivity contribution in [3.8, 4) is 0 Å². The second-order valence-corrected chi connectivity index (χ2v) is 3.95. The van der Waals surface area contributed by atoms with Gasteiger partial charge in [0, 0.05) is 13.1 Å². The van der Waals surface area contributed by atoms with Gasteiger partial charge in [0.05, 0.1) is 25.2 Å². The lowest BCUT2D eigenvalue weighted by molar-refractivity contribution is -0.131. The molecule has 0 saturated carbocycles. The number of aliphatic hydroxyl groups is 1. The third-order valence-corrected chi connectivity index (χ3v) is 2.28. The zero-order valence-corrected chi connectivity index (χ0v) is 8.90. The minimum atomic E-state index is -0.329. The second-order valence-electron chi connectivity index (χ2n) is 3.95. The summed E-state index contributed by atoms with van der Waals surface area (Å²) in [5.41, 5.74) is 0. The molecule has 0 aliphatic carbocycles. The third kappa shape index (κ3) is 3.64. The number of carbonyl (C=O) groups excluding carboxylic acids is 1. The monoisotopic (exact) mass is 201 g/mol. The molecule has 82 valence electrons. The molecule has 0 aromatic carbocycles. The van der Waals surface area contributed by atoms with Crippen LogP contribution >= 0.6 is 0 Å². The van der Waals surface area contributed by atoms with Crippen molar-refractivity contribution in [2.75, 3.05) is 19.7 Å². The van der Waals surface area contributed by atoms with E-state index in [9.17, 15) is 9.90 Å². The summed E-state index contributed by atoms with van der Waals surface area (Å²) >= 11 is 0. The van der Waals surface area contributed by atoms with Crippen molar-refractivity contribution in [3.05, 3.63) is 0 Å². The van der Waals surface area contributed by atoms with Gasteiger partial charge in [0.1, 0.15) is 0 Å².